The van der Waals surface area contributed by atoms with Crippen LogP contribution in [-0.4, -0.2) is 16.6 Å². The second-order valence-electron chi connectivity index (χ2n) is 3.39. The second kappa shape index (κ2) is 4.13. The molecular weight excluding hydrogens is 180 g/mol. The SMILES string of the molecule is [CH]C(C)(C)OC(=[OH+])Oc1ccccc1. The van der Waals surface area contributed by atoms with Crippen LogP contribution in [0.25, 0.3) is 0 Å². The summed E-state index contributed by atoms with van der Waals surface area (Å²) in [7, 11) is 0. The van der Waals surface area contributed by atoms with Crippen molar-refractivity contribution in [2.24, 2.45) is 0 Å². The molecule has 14 heavy (non-hydrogen) atoms. The van der Waals surface area contributed by atoms with E-state index >= 15 is 0 Å². The van der Waals surface area contributed by atoms with E-state index in [1.54, 1.807) is 38.1 Å². The summed E-state index contributed by atoms with van der Waals surface area (Å²) in [5.41, 5.74) is -0.959. The van der Waals surface area contributed by atoms with Crippen LogP contribution in [0.3, 0.4) is 0 Å². The minimum atomic E-state index is -0.959. The Morgan fingerprint density at radius 2 is 1.86 bits per heavy atom. The van der Waals surface area contributed by atoms with Crippen LogP contribution in [0.1, 0.15) is 13.8 Å². The van der Waals surface area contributed by atoms with E-state index < -0.39 is 11.8 Å². The van der Waals surface area contributed by atoms with Gasteiger partial charge in [0.15, 0.2) is 5.60 Å². The standard InChI is InChI=1S/C11H12O3/c1-11(2,3)14-10(12)13-9-7-5-4-6-8-9/h1,4-8H,2-3H3/p+1. The second-order valence-corrected chi connectivity index (χ2v) is 3.39. The van der Waals surface area contributed by atoms with Crippen LogP contribution in [0.5, 0.6) is 5.75 Å². The first-order valence-electron chi connectivity index (χ1n) is 4.24. The predicted octanol–water partition coefficient (Wildman–Crippen LogP) is 2.03. The summed E-state index contributed by atoms with van der Waals surface area (Å²) >= 11 is 0. The van der Waals surface area contributed by atoms with Crippen molar-refractivity contribution in [3.63, 3.8) is 0 Å². The predicted molar refractivity (Wildman–Crippen MR) is 53.5 cm³/mol. The molecule has 0 saturated heterocycles. The third kappa shape index (κ3) is 3.94. The van der Waals surface area contributed by atoms with Crippen molar-refractivity contribution in [3.8, 4) is 5.75 Å². The Morgan fingerprint density at radius 1 is 1.29 bits per heavy atom. The van der Waals surface area contributed by atoms with E-state index in [2.05, 4.69) is 0 Å². The molecule has 0 aliphatic heterocycles. The molecule has 0 bridgehead atoms. The van der Waals surface area contributed by atoms with Gasteiger partial charge in [0.05, 0.1) is 0 Å². The fraction of sp³-hybridized carbons (Fsp3) is 0.273. The van der Waals surface area contributed by atoms with Crippen LogP contribution in [-0.2, 0) is 4.74 Å². The summed E-state index contributed by atoms with van der Waals surface area (Å²) in [6, 6.07) is 8.82. The zero-order valence-electron chi connectivity index (χ0n) is 8.23. The van der Waals surface area contributed by atoms with Gasteiger partial charge in [-0.3, -0.25) is 4.74 Å². The Morgan fingerprint density at radius 3 is 2.36 bits per heavy atom. The quantitative estimate of drug-likeness (QED) is 0.409. The van der Waals surface area contributed by atoms with Gasteiger partial charge in [-0.15, -0.1) is 0 Å². The van der Waals surface area contributed by atoms with Gasteiger partial charge in [0.25, 0.3) is 0 Å². The van der Waals surface area contributed by atoms with Crippen molar-refractivity contribution in [3.05, 3.63) is 37.3 Å². The van der Waals surface area contributed by atoms with E-state index in [1.165, 1.54) is 0 Å². The number of para-hydroxylation sites is 1. The molecule has 0 aliphatic carbocycles. The first-order chi connectivity index (χ1) is 6.47. The molecule has 2 radical (unpaired) electrons. The zero-order chi connectivity index (χ0) is 10.6. The van der Waals surface area contributed by atoms with Crippen LogP contribution >= 0.6 is 0 Å². The van der Waals surface area contributed by atoms with Crippen LogP contribution in [0.15, 0.2) is 30.3 Å². The lowest BCUT2D eigenvalue weighted by Crippen LogP contribution is -2.27. The Balaban J connectivity index is 2.50. The van der Waals surface area contributed by atoms with Gasteiger partial charge in [0.1, 0.15) is 0 Å². The molecule has 1 aromatic rings. The Kier molecular flexibility index (Phi) is 3.12. The number of hydrogen-bond acceptors (Lipinski definition) is 2. The summed E-state index contributed by atoms with van der Waals surface area (Å²) in [5, 5.41) is 0. The molecule has 74 valence electrons. The van der Waals surface area contributed by atoms with Crippen LogP contribution in [0.4, 0.5) is 0 Å². The van der Waals surface area contributed by atoms with Gasteiger partial charge in [0, 0.05) is 19.1 Å². The molecule has 0 saturated carbocycles. The smallest absolute Gasteiger partial charge is 0.336 e. The number of benzene rings is 1. The molecule has 1 N–H and O–H groups in total. The van der Waals surface area contributed by atoms with E-state index in [9.17, 15) is 4.79 Å². The van der Waals surface area contributed by atoms with Gasteiger partial charge in [-0.05, 0) is 13.8 Å². The molecule has 0 atom stereocenters. The zero-order valence-corrected chi connectivity index (χ0v) is 8.23. The van der Waals surface area contributed by atoms with Crippen molar-refractivity contribution < 1.29 is 14.3 Å². The van der Waals surface area contributed by atoms with Crippen molar-refractivity contribution in [1.82, 2.24) is 0 Å². The minimum Gasteiger partial charge on any atom is -0.336 e. The lowest BCUT2D eigenvalue weighted by Gasteiger charge is -2.09. The molecule has 3 heteroatoms. The number of hydrogen-bond donors (Lipinski definition) is 0. The number of carbonyl (C=O) groups excluding carboxylic acids is 1. The molecule has 0 unspecified atom stereocenters. The maximum Gasteiger partial charge on any atom is 0.719 e. The Labute approximate surface area is 83.6 Å². The van der Waals surface area contributed by atoms with E-state index in [1.807, 2.05) is 6.07 Å². The fourth-order valence-electron chi connectivity index (χ4n) is 0.835. The van der Waals surface area contributed by atoms with E-state index in [0.29, 0.717) is 5.75 Å². The maximum absolute atomic E-state index is 9.23. The van der Waals surface area contributed by atoms with Gasteiger partial charge in [0.2, 0.25) is 5.75 Å². The molecular formula is C11H13O3+. The lowest BCUT2D eigenvalue weighted by atomic mass is 10.2. The minimum absolute atomic E-state index is 0.495. The topological polar surface area (TPSA) is 39.9 Å². The van der Waals surface area contributed by atoms with Crippen LogP contribution < -0.4 is 4.74 Å². The highest BCUT2D eigenvalue weighted by molar-refractivity contribution is 5.64. The molecule has 0 aromatic heterocycles. The highest BCUT2D eigenvalue weighted by Gasteiger charge is 2.27. The highest BCUT2D eigenvalue weighted by atomic mass is 16.7. The molecule has 1 rings (SSSR count). The van der Waals surface area contributed by atoms with E-state index in [4.69, 9.17) is 16.4 Å². The molecule has 0 spiro atoms. The molecule has 0 aliphatic rings. The van der Waals surface area contributed by atoms with Gasteiger partial charge in [-0.2, -0.15) is 0 Å². The third-order valence-electron chi connectivity index (χ3n) is 1.30. The molecule has 0 fully saturated rings. The average molecular weight is 193 g/mol. The fourth-order valence-corrected chi connectivity index (χ4v) is 0.835. The van der Waals surface area contributed by atoms with E-state index in [-0.39, 0.29) is 0 Å². The Bertz CT molecular complexity index is 298. The lowest BCUT2D eigenvalue weighted by molar-refractivity contribution is 0.0867. The van der Waals surface area contributed by atoms with Crippen LogP contribution in [0.2, 0.25) is 0 Å². The molecule has 0 heterocycles. The van der Waals surface area contributed by atoms with Crippen molar-refractivity contribution in [1.29, 1.82) is 0 Å². The van der Waals surface area contributed by atoms with Crippen molar-refractivity contribution in [2.75, 3.05) is 0 Å². The molecule has 3 nitrogen and oxygen atoms in total. The van der Waals surface area contributed by atoms with Crippen molar-refractivity contribution in [2.45, 2.75) is 19.4 Å². The summed E-state index contributed by atoms with van der Waals surface area (Å²) in [6.45, 7) is 8.72. The Hall–Kier alpha value is -1.51. The first kappa shape index (κ1) is 10.6. The largest absolute Gasteiger partial charge is 0.719 e. The summed E-state index contributed by atoms with van der Waals surface area (Å²) in [5.74, 6) is 0.495. The normalized spacial score (nSPS) is 10.8. The van der Waals surface area contributed by atoms with Crippen LogP contribution in [0, 0.1) is 6.92 Å². The average Bonchev–Trinajstić information content (AvgIpc) is 2.02. The molecule has 0 amide bonds. The first-order valence-corrected chi connectivity index (χ1v) is 4.24. The van der Waals surface area contributed by atoms with E-state index in [0.717, 1.165) is 0 Å². The number of rotatable bonds is 2. The highest BCUT2D eigenvalue weighted by Crippen LogP contribution is 2.11. The summed E-state index contributed by atoms with van der Waals surface area (Å²) in [4.78, 5) is 9.23. The van der Waals surface area contributed by atoms with Gasteiger partial charge in [-0.1, -0.05) is 18.2 Å². The monoisotopic (exact) mass is 193 g/mol. The number of ether oxygens (including phenoxy) is 2. The third-order valence-corrected chi connectivity index (χ3v) is 1.30. The maximum atomic E-state index is 9.23. The van der Waals surface area contributed by atoms with Gasteiger partial charge >= 0.3 is 6.16 Å². The van der Waals surface area contributed by atoms with Crippen molar-refractivity contribution >= 4 is 6.16 Å². The van der Waals surface area contributed by atoms with Gasteiger partial charge in [-0.25, -0.2) is 0 Å². The molecule has 1 aromatic carbocycles. The van der Waals surface area contributed by atoms with Gasteiger partial charge < -0.3 is 9.53 Å². The summed E-state index contributed by atoms with van der Waals surface area (Å²) < 4.78 is 9.83. The summed E-state index contributed by atoms with van der Waals surface area (Å²) in [6.07, 6.45) is -0.552.